The zero-order chi connectivity index (χ0) is 34.1. The SMILES string of the molecule is C=Nc1c(N)ncnc1N(C)[C@@H]1O[C@H](COP(=O)(O)OP(=O)(O)OP(=O)(O)OP(=O)(O)O)C(OP(=O)(O)O)C1OP(=O)(O)O. The molecule has 5 unspecified atom stereocenters. The molecule has 254 valence electrons. The largest absolute Gasteiger partial charge is 0.490 e. The third kappa shape index (κ3) is 12.4. The van der Waals surface area contributed by atoms with Crippen LogP contribution in [0.1, 0.15) is 0 Å². The maximum Gasteiger partial charge on any atom is 0.490 e. The number of nitrogens with zero attached hydrogens (tertiary/aromatic N) is 4. The van der Waals surface area contributed by atoms with E-state index in [1.165, 1.54) is 0 Å². The first-order chi connectivity index (χ1) is 19.6. The summed E-state index contributed by atoms with van der Waals surface area (Å²) in [6, 6.07) is 0. The third-order valence-electron chi connectivity index (χ3n) is 4.53. The molecule has 1 aliphatic rings. The molecule has 44 heavy (non-hydrogen) atoms. The Labute approximate surface area is 244 Å². The lowest BCUT2D eigenvalue weighted by molar-refractivity contribution is -0.0204. The van der Waals surface area contributed by atoms with Gasteiger partial charge in [0.2, 0.25) is 0 Å². The minimum atomic E-state index is -6.25. The summed E-state index contributed by atoms with van der Waals surface area (Å²) in [4.78, 5) is 95.1. The summed E-state index contributed by atoms with van der Waals surface area (Å²) in [5.41, 5.74) is 5.47. The molecule has 33 heteroatoms. The van der Waals surface area contributed by atoms with Crippen molar-refractivity contribution >= 4 is 71.0 Å². The van der Waals surface area contributed by atoms with E-state index >= 15 is 0 Å². The molecule has 0 saturated carbocycles. The Balaban J connectivity index is 2.41. The van der Waals surface area contributed by atoms with Crippen molar-refractivity contribution in [2.75, 3.05) is 24.3 Å². The molecule has 11 N–H and O–H groups in total. The quantitative estimate of drug-likeness (QED) is 0.0710. The van der Waals surface area contributed by atoms with Crippen LogP contribution in [0.15, 0.2) is 11.3 Å². The van der Waals surface area contributed by atoms with Crippen molar-refractivity contribution in [3.63, 3.8) is 0 Å². The monoisotopic (exact) mass is 763 g/mol. The van der Waals surface area contributed by atoms with Crippen molar-refractivity contribution in [3.8, 4) is 0 Å². The number of anilines is 2. The van der Waals surface area contributed by atoms with E-state index < -0.39 is 78.1 Å². The average Bonchev–Trinajstić information content (AvgIpc) is 3.07. The summed E-state index contributed by atoms with van der Waals surface area (Å²) in [6.45, 7) is 1.80. The van der Waals surface area contributed by atoms with Crippen LogP contribution in [0.3, 0.4) is 0 Å². The van der Waals surface area contributed by atoms with Gasteiger partial charge in [-0.3, -0.25) is 18.6 Å². The van der Waals surface area contributed by atoms with Gasteiger partial charge in [0, 0.05) is 7.05 Å². The van der Waals surface area contributed by atoms with E-state index in [2.05, 4.69) is 48.2 Å². The fourth-order valence-corrected chi connectivity index (χ4v) is 8.81. The first kappa shape index (κ1) is 39.3. The molecule has 0 spiro atoms. The Morgan fingerprint density at radius 2 is 1.34 bits per heavy atom. The summed E-state index contributed by atoms with van der Waals surface area (Å²) >= 11 is 0. The number of phosphoric acid groups is 6. The average molecular weight is 763 g/mol. The predicted molar refractivity (Wildman–Crippen MR) is 137 cm³/mol. The predicted octanol–water partition coefficient (Wildman–Crippen LogP) is -1.03. The zero-order valence-electron chi connectivity index (χ0n) is 21.2. The summed E-state index contributed by atoms with van der Waals surface area (Å²) in [7, 11) is -34.2. The second-order valence-corrected chi connectivity index (χ2v) is 16.2. The van der Waals surface area contributed by atoms with Crippen molar-refractivity contribution in [1.82, 2.24) is 9.97 Å². The van der Waals surface area contributed by atoms with Gasteiger partial charge in [0.1, 0.15) is 30.3 Å². The van der Waals surface area contributed by atoms with Gasteiger partial charge in [0.25, 0.3) is 0 Å². The van der Waals surface area contributed by atoms with Gasteiger partial charge in [0.05, 0.1) is 6.61 Å². The molecule has 1 fully saturated rings. The first-order valence-corrected chi connectivity index (χ1v) is 19.5. The molecule has 27 nitrogen and oxygen atoms in total. The maximum atomic E-state index is 12.3. The highest BCUT2D eigenvalue weighted by Gasteiger charge is 2.54. The van der Waals surface area contributed by atoms with E-state index in [1.54, 1.807) is 0 Å². The van der Waals surface area contributed by atoms with Crippen LogP contribution in [0.4, 0.5) is 17.3 Å². The van der Waals surface area contributed by atoms with E-state index in [-0.39, 0.29) is 17.3 Å². The Morgan fingerprint density at radius 1 is 0.841 bits per heavy atom. The second kappa shape index (κ2) is 14.1. The molecular formula is C11H23N5O22P6. The lowest BCUT2D eigenvalue weighted by Gasteiger charge is -2.31. The molecule has 0 radical (unpaired) electrons. The number of hydrogen-bond donors (Lipinski definition) is 10. The number of rotatable bonds is 16. The molecule has 0 amide bonds. The Kier molecular flexibility index (Phi) is 12.5. The molecule has 0 bridgehead atoms. The number of aromatic nitrogens is 2. The lowest BCUT2D eigenvalue weighted by Crippen LogP contribution is -2.44. The Morgan fingerprint density at radius 3 is 1.84 bits per heavy atom. The molecule has 0 aromatic carbocycles. The van der Waals surface area contributed by atoms with Crippen LogP contribution in [0.2, 0.25) is 0 Å². The smallest absolute Gasteiger partial charge is 0.382 e. The van der Waals surface area contributed by atoms with Gasteiger partial charge in [-0.15, -0.1) is 0 Å². The minimum absolute atomic E-state index is 0.225. The molecule has 7 atom stereocenters. The minimum Gasteiger partial charge on any atom is -0.382 e. The maximum absolute atomic E-state index is 12.3. The van der Waals surface area contributed by atoms with Gasteiger partial charge in [-0.2, -0.15) is 12.9 Å². The van der Waals surface area contributed by atoms with Crippen molar-refractivity contribution in [1.29, 1.82) is 0 Å². The van der Waals surface area contributed by atoms with Crippen LogP contribution in [-0.4, -0.2) is 98.9 Å². The van der Waals surface area contributed by atoms with Crippen molar-refractivity contribution in [2.24, 2.45) is 4.99 Å². The fraction of sp³-hybridized carbons (Fsp3) is 0.545. The summed E-state index contributed by atoms with van der Waals surface area (Å²) < 4.78 is 99.1. The summed E-state index contributed by atoms with van der Waals surface area (Å²) in [5.74, 6) is -0.536. The summed E-state index contributed by atoms with van der Waals surface area (Å²) in [5, 5.41) is 0. The van der Waals surface area contributed by atoms with Gasteiger partial charge in [-0.1, -0.05) is 0 Å². The molecular weight excluding hydrogens is 740 g/mol. The number of ether oxygens (including phenoxy) is 1. The van der Waals surface area contributed by atoms with Gasteiger partial charge in [0.15, 0.2) is 17.9 Å². The van der Waals surface area contributed by atoms with Crippen molar-refractivity contribution in [2.45, 2.75) is 24.5 Å². The van der Waals surface area contributed by atoms with Gasteiger partial charge < -0.3 is 59.4 Å². The number of hydrogen-bond acceptors (Lipinski definition) is 18. The fourth-order valence-electron chi connectivity index (χ4n) is 3.24. The highest BCUT2D eigenvalue weighted by Crippen LogP contribution is 2.70. The first-order valence-electron chi connectivity index (χ1n) is 10.4. The number of likely N-dealkylation sites (N-methyl/N-ethyl adjacent to an activating group) is 1. The van der Waals surface area contributed by atoms with Crippen molar-refractivity contribution < 1.29 is 103 Å². The van der Waals surface area contributed by atoms with E-state index in [4.69, 9.17) is 25.2 Å². The van der Waals surface area contributed by atoms with Gasteiger partial charge in [-0.25, -0.2) is 37.4 Å². The molecule has 1 aliphatic heterocycles. The van der Waals surface area contributed by atoms with Crippen molar-refractivity contribution in [3.05, 3.63) is 6.33 Å². The van der Waals surface area contributed by atoms with E-state index in [0.29, 0.717) is 0 Å². The molecule has 2 heterocycles. The van der Waals surface area contributed by atoms with Crippen LogP contribution < -0.4 is 10.6 Å². The number of aliphatic imine (C=N–C) groups is 1. The molecule has 0 aliphatic carbocycles. The van der Waals surface area contributed by atoms with Gasteiger partial charge in [-0.05, 0) is 6.72 Å². The Bertz CT molecular complexity index is 1510. The third-order valence-corrected chi connectivity index (χ3v) is 11.0. The molecule has 2 rings (SSSR count). The standard InChI is InChI=1S/C11H23N5O22P6/c1-13-6-9(12)14-4-15-10(6)16(2)11-8(35-40(20,21)22)7(34-39(17,18)19)5(33-11)3-32-42(26,27)37-44(30,31)38-43(28,29)36-41(23,24)25/h4-5,7-8,11H,1,3H2,2H3,(H,26,27)(H,28,29)(H,30,31)(H2,12,14,15)(H2,17,18,19)(H2,20,21,22)(H2,23,24,25)/t5-,7?,8?,11-/m1/s1. The van der Waals surface area contributed by atoms with E-state index in [0.717, 1.165) is 18.3 Å². The van der Waals surface area contributed by atoms with Crippen LogP contribution in [0, 0.1) is 0 Å². The van der Waals surface area contributed by atoms with Crippen LogP contribution >= 0.6 is 46.9 Å². The Hall–Kier alpha value is -0.910. The van der Waals surface area contributed by atoms with Crippen LogP contribution in [0.25, 0.3) is 0 Å². The summed E-state index contributed by atoms with van der Waals surface area (Å²) in [6.07, 6.45) is -7.59. The van der Waals surface area contributed by atoms with Gasteiger partial charge >= 0.3 is 46.9 Å². The molecule has 1 saturated heterocycles. The highest BCUT2D eigenvalue weighted by molar-refractivity contribution is 7.69. The number of nitrogen functional groups attached to an aromatic ring is 1. The number of nitrogens with two attached hydrogens (primary N) is 1. The van der Waals surface area contributed by atoms with Crippen LogP contribution in [-0.2, 0) is 58.6 Å². The second-order valence-electron chi connectivity index (χ2n) is 7.82. The zero-order valence-corrected chi connectivity index (χ0v) is 26.5. The van der Waals surface area contributed by atoms with E-state index in [9.17, 15) is 56.8 Å². The van der Waals surface area contributed by atoms with Crippen LogP contribution in [0.5, 0.6) is 0 Å². The topological polar surface area (TPSA) is 417 Å². The normalized spacial score (nSPS) is 25.5. The molecule has 1 aromatic rings. The highest BCUT2D eigenvalue weighted by atomic mass is 31.3. The van der Waals surface area contributed by atoms with E-state index in [1.807, 2.05) is 0 Å². The lowest BCUT2D eigenvalue weighted by atomic mass is 10.1. The molecule has 1 aromatic heterocycles. The number of phosphoric ester groups is 3.